The van der Waals surface area contributed by atoms with Crippen molar-refractivity contribution in [2.75, 3.05) is 4.72 Å². The molecular formula is C22H25N5O3S2. The monoisotopic (exact) mass is 471 g/mol. The largest absolute Gasteiger partial charge is 0.366 e. The van der Waals surface area contributed by atoms with Crippen LogP contribution in [0, 0.1) is 0 Å². The van der Waals surface area contributed by atoms with Crippen LogP contribution in [0.5, 0.6) is 0 Å². The molecule has 1 fully saturated rings. The molecule has 0 aliphatic heterocycles. The smallest absolute Gasteiger partial charge is 0.248 e. The standard InChI is InChI=1S/C22H25N5O3S2/c1-3-22(4-2,19-13-31-21(26-19)27-32(29,30)15-6-7-15)17-11-14(20(23)28)5-8-16(17)18-12-24-9-10-25-18/h5,8-13,15H,3-4,6-7H2,1-2H3,(H2,23,28)(H,26,27). The first-order valence-corrected chi connectivity index (χ1v) is 12.9. The van der Waals surface area contributed by atoms with Gasteiger partial charge in [-0.3, -0.25) is 19.5 Å². The maximum Gasteiger partial charge on any atom is 0.248 e. The number of carbonyl (C=O) groups excluding carboxylic acids is 1. The van der Waals surface area contributed by atoms with Crippen molar-refractivity contribution in [1.29, 1.82) is 0 Å². The van der Waals surface area contributed by atoms with Crippen LogP contribution in [0.3, 0.4) is 0 Å². The van der Waals surface area contributed by atoms with E-state index >= 15 is 0 Å². The molecule has 0 atom stereocenters. The molecular weight excluding hydrogens is 446 g/mol. The Labute approximate surface area is 191 Å². The molecule has 168 valence electrons. The van der Waals surface area contributed by atoms with E-state index in [2.05, 4.69) is 19.7 Å². The molecule has 1 aliphatic carbocycles. The van der Waals surface area contributed by atoms with Crippen LogP contribution in [0.25, 0.3) is 11.3 Å². The summed E-state index contributed by atoms with van der Waals surface area (Å²) in [5, 5.41) is 1.91. The van der Waals surface area contributed by atoms with E-state index in [9.17, 15) is 13.2 Å². The van der Waals surface area contributed by atoms with Crippen molar-refractivity contribution in [2.45, 2.75) is 50.2 Å². The molecule has 0 unspecified atom stereocenters. The average Bonchev–Trinajstić information content (AvgIpc) is 3.57. The molecule has 1 saturated carbocycles. The molecule has 3 aromatic rings. The molecule has 1 aromatic carbocycles. The highest BCUT2D eigenvalue weighted by Gasteiger charge is 2.38. The number of carbonyl (C=O) groups is 1. The molecule has 10 heteroatoms. The third-order valence-corrected chi connectivity index (χ3v) is 8.77. The summed E-state index contributed by atoms with van der Waals surface area (Å²) >= 11 is 1.27. The van der Waals surface area contributed by atoms with E-state index in [4.69, 9.17) is 5.73 Å². The number of sulfonamides is 1. The Hall–Kier alpha value is -2.85. The molecule has 2 aromatic heterocycles. The Morgan fingerprint density at radius 2 is 2.00 bits per heavy atom. The highest BCUT2D eigenvalue weighted by Crippen LogP contribution is 2.44. The first-order chi connectivity index (χ1) is 15.3. The maximum atomic E-state index is 12.4. The molecule has 0 radical (unpaired) electrons. The predicted octanol–water partition coefficient (Wildman–Crippen LogP) is 3.71. The predicted molar refractivity (Wildman–Crippen MR) is 125 cm³/mol. The van der Waals surface area contributed by atoms with E-state index in [1.54, 1.807) is 30.7 Å². The highest BCUT2D eigenvalue weighted by molar-refractivity contribution is 7.93. The van der Waals surface area contributed by atoms with Crippen LogP contribution in [0.4, 0.5) is 5.13 Å². The summed E-state index contributed by atoms with van der Waals surface area (Å²) in [6.45, 7) is 4.10. The summed E-state index contributed by atoms with van der Waals surface area (Å²) in [7, 11) is -3.40. The number of nitrogens with zero attached hydrogens (tertiary/aromatic N) is 3. The van der Waals surface area contributed by atoms with Gasteiger partial charge >= 0.3 is 0 Å². The second-order valence-corrected chi connectivity index (χ2v) is 10.7. The van der Waals surface area contributed by atoms with Crippen molar-refractivity contribution in [3.63, 3.8) is 0 Å². The van der Waals surface area contributed by atoms with Gasteiger partial charge in [0.1, 0.15) is 0 Å². The maximum absolute atomic E-state index is 12.4. The van der Waals surface area contributed by atoms with Crippen molar-refractivity contribution in [1.82, 2.24) is 15.0 Å². The Balaban J connectivity index is 1.84. The molecule has 0 bridgehead atoms. The van der Waals surface area contributed by atoms with Crippen molar-refractivity contribution in [2.24, 2.45) is 5.73 Å². The fourth-order valence-corrected chi connectivity index (χ4v) is 6.42. The lowest BCUT2D eigenvalue weighted by atomic mass is 9.71. The van der Waals surface area contributed by atoms with Crippen LogP contribution in [0.1, 0.15) is 61.1 Å². The second-order valence-electron chi connectivity index (χ2n) is 7.89. The number of nitrogens with two attached hydrogens (primary N) is 1. The number of aromatic nitrogens is 3. The number of primary amides is 1. The second kappa shape index (κ2) is 8.59. The van der Waals surface area contributed by atoms with E-state index in [1.807, 2.05) is 25.3 Å². The van der Waals surface area contributed by atoms with Gasteiger partial charge in [0, 0.05) is 34.3 Å². The zero-order valence-corrected chi connectivity index (χ0v) is 19.5. The number of anilines is 1. The van der Waals surface area contributed by atoms with E-state index in [-0.39, 0.29) is 5.25 Å². The van der Waals surface area contributed by atoms with Gasteiger partial charge in [-0.15, -0.1) is 11.3 Å². The van der Waals surface area contributed by atoms with Gasteiger partial charge in [0.15, 0.2) is 5.13 Å². The number of nitrogens with one attached hydrogen (secondary N) is 1. The highest BCUT2D eigenvalue weighted by atomic mass is 32.2. The normalized spacial score (nSPS) is 14.3. The Bertz CT molecular complexity index is 1230. The molecule has 8 nitrogen and oxygen atoms in total. The zero-order valence-electron chi connectivity index (χ0n) is 17.9. The topological polar surface area (TPSA) is 128 Å². The van der Waals surface area contributed by atoms with Gasteiger partial charge in [-0.1, -0.05) is 19.9 Å². The summed E-state index contributed by atoms with van der Waals surface area (Å²) in [4.78, 5) is 25.3. The SMILES string of the molecule is CCC(CC)(c1csc(NS(=O)(=O)C2CC2)n1)c1cc(C(N)=O)ccc1-c1cnccn1. The van der Waals surface area contributed by atoms with Gasteiger partial charge in [-0.2, -0.15) is 0 Å². The van der Waals surface area contributed by atoms with Crippen LogP contribution in [0.15, 0.2) is 42.2 Å². The molecule has 2 heterocycles. The third kappa shape index (κ3) is 4.12. The molecule has 0 saturated heterocycles. The molecule has 1 amide bonds. The average molecular weight is 472 g/mol. The van der Waals surface area contributed by atoms with Crippen molar-refractivity contribution in [3.8, 4) is 11.3 Å². The van der Waals surface area contributed by atoms with E-state index < -0.39 is 21.3 Å². The van der Waals surface area contributed by atoms with E-state index in [1.165, 1.54) is 11.3 Å². The lowest BCUT2D eigenvalue weighted by molar-refractivity contribution is 0.1000. The Morgan fingerprint density at radius 1 is 1.25 bits per heavy atom. The van der Waals surface area contributed by atoms with Crippen molar-refractivity contribution < 1.29 is 13.2 Å². The van der Waals surface area contributed by atoms with Crippen LogP contribution in [-0.4, -0.2) is 34.5 Å². The minimum absolute atomic E-state index is 0.326. The molecule has 3 N–H and O–H groups in total. The number of amides is 1. The van der Waals surface area contributed by atoms with Crippen molar-refractivity contribution in [3.05, 3.63) is 59.0 Å². The van der Waals surface area contributed by atoms with E-state index in [0.29, 0.717) is 42.1 Å². The summed E-state index contributed by atoms with van der Waals surface area (Å²) in [5.74, 6) is -0.519. The number of hydrogen-bond acceptors (Lipinski definition) is 7. The lowest BCUT2D eigenvalue weighted by Gasteiger charge is -2.33. The number of thiazole rings is 1. The zero-order chi connectivity index (χ0) is 22.9. The Kier molecular flexibility index (Phi) is 6.00. The van der Waals surface area contributed by atoms with Crippen LogP contribution in [0.2, 0.25) is 0 Å². The molecule has 1 aliphatic rings. The summed E-state index contributed by atoms with van der Waals surface area (Å²) in [6.07, 6.45) is 7.62. The molecule has 32 heavy (non-hydrogen) atoms. The number of rotatable bonds is 9. The van der Waals surface area contributed by atoms with Gasteiger partial charge in [0.05, 0.1) is 22.8 Å². The summed E-state index contributed by atoms with van der Waals surface area (Å²) in [6, 6.07) is 5.32. The number of benzene rings is 1. The minimum atomic E-state index is -3.40. The van der Waals surface area contributed by atoms with Gasteiger partial charge in [-0.25, -0.2) is 13.4 Å². The first-order valence-electron chi connectivity index (χ1n) is 10.5. The first kappa shape index (κ1) is 22.3. The van der Waals surface area contributed by atoms with Crippen LogP contribution < -0.4 is 10.5 Å². The minimum Gasteiger partial charge on any atom is -0.366 e. The fourth-order valence-electron chi connectivity index (χ4n) is 4.01. The van der Waals surface area contributed by atoms with Gasteiger partial charge < -0.3 is 5.73 Å². The summed E-state index contributed by atoms with van der Waals surface area (Å²) < 4.78 is 27.4. The molecule has 0 spiro atoms. The molecule has 4 rings (SSSR count). The summed E-state index contributed by atoms with van der Waals surface area (Å²) in [5.41, 5.74) is 8.52. The van der Waals surface area contributed by atoms with Crippen LogP contribution in [-0.2, 0) is 15.4 Å². The van der Waals surface area contributed by atoms with Gasteiger partial charge in [0.2, 0.25) is 15.9 Å². The number of hydrogen-bond donors (Lipinski definition) is 2. The fraction of sp³-hybridized carbons (Fsp3) is 0.364. The Morgan fingerprint density at radius 3 is 2.59 bits per heavy atom. The van der Waals surface area contributed by atoms with Crippen LogP contribution >= 0.6 is 11.3 Å². The van der Waals surface area contributed by atoms with Gasteiger partial charge in [0.25, 0.3) is 0 Å². The van der Waals surface area contributed by atoms with E-state index in [0.717, 1.165) is 16.8 Å². The van der Waals surface area contributed by atoms with Gasteiger partial charge in [-0.05, 0) is 43.4 Å². The lowest BCUT2D eigenvalue weighted by Crippen LogP contribution is -2.28. The quantitative estimate of drug-likeness (QED) is 0.490. The third-order valence-electron chi connectivity index (χ3n) is 6.05. The van der Waals surface area contributed by atoms with Crippen molar-refractivity contribution >= 4 is 32.4 Å².